The molecule has 0 aliphatic carbocycles. The summed E-state index contributed by atoms with van der Waals surface area (Å²) in [4.78, 5) is 19.4. The second-order valence-electron chi connectivity index (χ2n) is 5.64. The second kappa shape index (κ2) is 7.99. The molecule has 126 valence electrons. The van der Waals surface area contributed by atoms with E-state index in [2.05, 4.69) is 13.0 Å². The lowest BCUT2D eigenvalue weighted by atomic mass is 10.1. The van der Waals surface area contributed by atoms with E-state index in [0.717, 1.165) is 17.7 Å². The zero-order valence-corrected chi connectivity index (χ0v) is 15.2. The van der Waals surface area contributed by atoms with E-state index in [1.165, 1.54) is 17.3 Å². The highest BCUT2D eigenvalue weighted by Crippen LogP contribution is 2.32. The van der Waals surface area contributed by atoms with Gasteiger partial charge in [0.25, 0.3) is 5.91 Å². The number of para-hydroxylation sites is 1. The van der Waals surface area contributed by atoms with Crippen LogP contribution in [0.2, 0.25) is 0 Å². The largest absolute Gasteiger partial charge is 0.290 e. The lowest BCUT2D eigenvalue weighted by Crippen LogP contribution is -2.23. The van der Waals surface area contributed by atoms with Crippen LogP contribution in [-0.4, -0.2) is 23.0 Å². The molecule has 0 saturated carbocycles. The number of amidine groups is 1. The number of hydrogen-bond donors (Lipinski definition) is 0. The van der Waals surface area contributed by atoms with Gasteiger partial charge in [-0.1, -0.05) is 67.6 Å². The average Bonchev–Trinajstić information content (AvgIpc) is 2.91. The summed E-state index contributed by atoms with van der Waals surface area (Å²) >= 11 is 1.41. The molecule has 0 radical (unpaired) electrons. The molecule has 2 aromatic rings. The van der Waals surface area contributed by atoms with Crippen molar-refractivity contribution in [3.05, 3.63) is 82.8 Å². The predicted molar refractivity (Wildman–Crippen MR) is 107 cm³/mol. The Morgan fingerprint density at radius 2 is 1.80 bits per heavy atom. The predicted octanol–water partition coefficient (Wildman–Crippen LogP) is 5.04. The van der Waals surface area contributed by atoms with Gasteiger partial charge in [0.15, 0.2) is 5.17 Å². The fourth-order valence-electron chi connectivity index (χ4n) is 2.50. The summed E-state index contributed by atoms with van der Waals surface area (Å²) in [6.07, 6.45) is 6.66. The number of aryl methyl sites for hydroxylation is 1. The summed E-state index contributed by atoms with van der Waals surface area (Å²) in [5.41, 5.74) is 3.21. The third-order valence-corrected chi connectivity index (χ3v) is 5.01. The van der Waals surface area contributed by atoms with Crippen molar-refractivity contribution >= 4 is 34.6 Å². The van der Waals surface area contributed by atoms with Crippen LogP contribution in [0.5, 0.6) is 0 Å². The molecule has 1 amide bonds. The SMILES string of the molecule is CCc1ccccc1N=C1S/C(=C/C=C/c2ccccc2)C(=O)N1C. The summed E-state index contributed by atoms with van der Waals surface area (Å²) in [6, 6.07) is 18.1. The number of hydrogen-bond acceptors (Lipinski definition) is 3. The summed E-state index contributed by atoms with van der Waals surface area (Å²) in [6.45, 7) is 2.11. The van der Waals surface area contributed by atoms with Gasteiger partial charge in [0, 0.05) is 7.05 Å². The number of thioether (sulfide) groups is 1. The summed E-state index contributed by atoms with van der Waals surface area (Å²) < 4.78 is 0. The van der Waals surface area contributed by atoms with Crippen molar-refractivity contribution in [3.63, 3.8) is 0 Å². The van der Waals surface area contributed by atoms with Crippen LogP contribution in [0.4, 0.5) is 5.69 Å². The van der Waals surface area contributed by atoms with Crippen molar-refractivity contribution in [2.45, 2.75) is 13.3 Å². The summed E-state index contributed by atoms with van der Waals surface area (Å²) in [5.74, 6) is -0.0181. The number of aliphatic imine (C=N–C) groups is 1. The minimum atomic E-state index is -0.0181. The molecule has 1 aliphatic rings. The molecule has 0 aromatic heterocycles. The van der Waals surface area contributed by atoms with Crippen molar-refractivity contribution in [2.24, 2.45) is 4.99 Å². The van der Waals surface area contributed by atoms with E-state index in [1.54, 1.807) is 11.9 Å². The molecular weight excluding hydrogens is 328 g/mol. The normalized spacial score (nSPS) is 18.0. The van der Waals surface area contributed by atoms with E-state index >= 15 is 0 Å². The summed E-state index contributed by atoms with van der Waals surface area (Å²) in [5, 5.41) is 0.713. The van der Waals surface area contributed by atoms with Crippen LogP contribution < -0.4 is 0 Å². The first-order valence-corrected chi connectivity index (χ1v) is 9.06. The topological polar surface area (TPSA) is 32.7 Å². The van der Waals surface area contributed by atoms with Crippen molar-refractivity contribution in [1.29, 1.82) is 0 Å². The lowest BCUT2D eigenvalue weighted by molar-refractivity contribution is -0.121. The van der Waals surface area contributed by atoms with Gasteiger partial charge >= 0.3 is 0 Å². The Kier molecular flexibility index (Phi) is 5.51. The van der Waals surface area contributed by atoms with Crippen LogP contribution in [0.15, 0.2) is 76.6 Å². The van der Waals surface area contributed by atoms with Crippen LogP contribution in [0.3, 0.4) is 0 Å². The van der Waals surface area contributed by atoms with Crippen LogP contribution in [0, 0.1) is 0 Å². The molecule has 3 nitrogen and oxygen atoms in total. The zero-order chi connectivity index (χ0) is 17.6. The number of benzene rings is 2. The second-order valence-corrected chi connectivity index (χ2v) is 6.65. The Hall–Kier alpha value is -2.59. The van der Waals surface area contributed by atoms with Gasteiger partial charge in [-0.2, -0.15) is 0 Å². The molecule has 3 rings (SSSR count). The number of allylic oxidation sites excluding steroid dienone is 2. The first-order chi connectivity index (χ1) is 12.2. The monoisotopic (exact) mass is 348 g/mol. The highest BCUT2D eigenvalue weighted by Gasteiger charge is 2.29. The Bertz CT molecular complexity index is 853. The first-order valence-electron chi connectivity index (χ1n) is 8.25. The van der Waals surface area contributed by atoms with Crippen LogP contribution in [0.1, 0.15) is 18.1 Å². The fraction of sp³-hybridized carbons (Fsp3) is 0.143. The van der Waals surface area contributed by atoms with Gasteiger partial charge in [-0.05, 0) is 41.5 Å². The molecule has 2 aromatic carbocycles. The van der Waals surface area contributed by atoms with E-state index in [9.17, 15) is 4.79 Å². The van der Waals surface area contributed by atoms with Gasteiger partial charge < -0.3 is 0 Å². The molecule has 0 atom stereocenters. The van der Waals surface area contributed by atoms with Crippen LogP contribution in [0.25, 0.3) is 6.08 Å². The molecule has 1 fully saturated rings. The molecule has 0 N–H and O–H groups in total. The quantitative estimate of drug-likeness (QED) is 0.725. The van der Waals surface area contributed by atoms with Crippen molar-refractivity contribution in [1.82, 2.24) is 4.90 Å². The third-order valence-electron chi connectivity index (χ3n) is 3.93. The molecule has 0 unspecified atom stereocenters. The smallest absolute Gasteiger partial charge is 0.266 e. The van der Waals surface area contributed by atoms with E-state index in [0.29, 0.717) is 10.1 Å². The summed E-state index contributed by atoms with van der Waals surface area (Å²) in [7, 11) is 1.77. The van der Waals surface area contributed by atoms with E-state index in [-0.39, 0.29) is 5.91 Å². The Balaban J connectivity index is 1.81. The minimum absolute atomic E-state index is 0.0181. The maximum Gasteiger partial charge on any atom is 0.266 e. The third kappa shape index (κ3) is 4.09. The number of carbonyl (C=O) groups excluding carboxylic acids is 1. The number of nitrogens with zero attached hydrogens (tertiary/aromatic N) is 2. The molecule has 4 heteroatoms. The average molecular weight is 348 g/mol. The highest BCUT2D eigenvalue weighted by atomic mass is 32.2. The first kappa shape index (κ1) is 17.2. The van der Waals surface area contributed by atoms with Gasteiger partial charge in [-0.25, -0.2) is 4.99 Å². The van der Waals surface area contributed by atoms with Gasteiger partial charge in [0.05, 0.1) is 10.6 Å². The van der Waals surface area contributed by atoms with Crippen molar-refractivity contribution in [2.75, 3.05) is 7.05 Å². The molecule has 1 heterocycles. The zero-order valence-electron chi connectivity index (χ0n) is 14.3. The molecule has 0 spiro atoms. The van der Waals surface area contributed by atoms with Gasteiger partial charge in [-0.3, -0.25) is 9.69 Å². The van der Waals surface area contributed by atoms with Gasteiger partial charge in [0.1, 0.15) is 0 Å². The maximum atomic E-state index is 12.4. The van der Waals surface area contributed by atoms with Gasteiger partial charge in [-0.15, -0.1) is 0 Å². The Labute approximate surface area is 152 Å². The highest BCUT2D eigenvalue weighted by molar-refractivity contribution is 8.18. The standard InChI is InChI=1S/C21H20N2OS/c1-3-17-13-7-8-14-18(17)22-21-23(2)20(24)19(25-21)15-9-12-16-10-5-4-6-11-16/h4-15H,3H2,1-2H3/b12-9+,19-15+,22-21?. The van der Waals surface area contributed by atoms with Crippen molar-refractivity contribution in [3.8, 4) is 0 Å². The van der Waals surface area contributed by atoms with Gasteiger partial charge in [0.2, 0.25) is 0 Å². The van der Waals surface area contributed by atoms with E-state index in [1.807, 2.05) is 66.8 Å². The lowest BCUT2D eigenvalue weighted by Gasteiger charge is -2.08. The molecule has 0 bridgehead atoms. The minimum Gasteiger partial charge on any atom is -0.290 e. The van der Waals surface area contributed by atoms with E-state index in [4.69, 9.17) is 4.99 Å². The fourth-order valence-corrected chi connectivity index (χ4v) is 3.43. The molecule has 1 aliphatic heterocycles. The number of amides is 1. The molecule has 1 saturated heterocycles. The Morgan fingerprint density at radius 3 is 2.56 bits per heavy atom. The van der Waals surface area contributed by atoms with E-state index < -0.39 is 0 Å². The number of likely N-dealkylation sites (N-methyl/N-ethyl adjacent to an activating group) is 1. The maximum absolute atomic E-state index is 12.4. The number of rotatable bonds is 4. The Morgan fingerprint density at radius 1 is 1.08 bits per heavy atom. The molecule has 25 heavy (non-hydrogen) atoms. The van der Waals surface area contributed by atoms with Crippen LogP contribution >= 0.6 is 11.8 Å². The van der Waals surface area contributed by atoms with Crippen molar-refractivity contribution < 1.29 is 4.79 Å². The molecular formula is C21H20N2OS. The number of carbonyl (C=O) groups is 1. The van der Waals surface area contributed by atoms with Crippen LogP contribution in [-0.2, 0) is 11.2 Å².